The van der Waals surface area contributed by atoms with Gasteiger partial charge in [0.1, 0.15) is 0 Å². The molecule has 1 atom stereocenters. The second-order valence-corrected chi connectivity index (χ2v) is 6.21. The number of hydrogen-bond donors (Lipinski definition) is 1. The van der Waals surface area contributed by atoms with Gasteiger partial charge in [0.2, 0.25) is 5.91 Å². The third-order valence-electron chi connectivity index (χ3n) is 3.67. The van der Waals surface area contributed by atoms with Crippen LogP contribution in [0.3, 0.4) is 0 Å². The number of benzene rings is 1. The third-order valence-corrected chi connectivity index (χ3v) is 4.11. The molecule has 0 aromatic heterocycles. The Hall–Kier alpha value is -1.03. The zero-order chi connectivity index (χ0) is 15.2. The van der Waals surface area contributed by atoms with Crippen LogP contribution in [0, 0.1) is 5.92 Å². The van der Waals surface area contributed by atoms with Gasteiger partial charge in [-0.25, -0.2) is 0 Å². The van der Waals surface area contributed by atoms with Gasteiger partial charge in [0.15, 0.2) is 0 Å². The van der Waals surface area contributed by atoms with Gasteiger partial charge in [-0.2, -0.15) is 0 Å². The van der Waals surface area contributed by atoms with Gasteiger partial charge in [0.25, 0.3) is 0 Å². The van der Waals surface area contributed by atoms with Gasteiger partial charge >= 0.3 is 0 Å². The molecule has 5 heteroatoms. The molecule has 0 radical (unpaired) electrons. The third kappa shape index (κ3) is 5.03. The minimum Gasteiger partial charge on any atom is -0.396 e. The normalized spacial score (nSPS) is 19.2. The molecule has 1 unspecified atom stereocenters. The molecule has 1 N–H and O–H groups in total. The summed E-state index contributed by atoms with van der Waals surface area (Å²) in [6.45, 7) is 1.69. The minimum absolute atomic E-state index is 0.00580. The zero-order valence-electron chi connectivity index (χ0n) is 11.8. The van der Waals surface area contributed by atoms with E-state index in [1.165, 1.54) is 0 Å². The number of carbonyl (C=O) groups is 1. The number of aliphatic hydroxyl groups excluding tert-OH is 1. The van der Waals surface area contributed by atoms with Crippen molar-refractivity contribution >= 4 is 35.2 Å². The standard InChI is InChI=1S/C16H19Cl2NO2/c17-14-8-13(9-15(18)10-14)3-4-16(21)19-6-1-2-12(11-19)5-7-20/h3-4,8-10,12,20H,1-2,5-7,11H2. The van der Waals surface area contributed by atoms with Crippen molar-refractivity contribution in [2.24, 2.45) is 5.92 Å². The Morgan fingerprint density at radius 2 is 2.05 bits per heavy atom. The van der Waals surface area contributed by atoms with Gasteiger partial charge in [-0.05, 0) is 55.0 Å². The molecule has 1 amide bonds. The van der Waals surface area contributed by atoms with Gasteiger partial charge in [0.05, 0.1) is 0 Å². The predicted molar refractivity (Wildman–Crippen MR) is 86.5 cm³/mol. The fourth-order valence-electron chi connectivity index (χ4n) is 2.63. The molecule has 0 spiro atoms. The molecule has 1 saturated heterocycles. The van der Waals surface area contributed by atoms with E-state index in [1.807, 2.05) is 4.90 Å². The largest absolute Gasteiger partial charge is 0.396 e. The van der Waals surface area contributed by atoms with Gasteiger partial charge < -0.3 is 10.0 Å². The number of halogens is 2. The van der Waals surface area contributed by atoms with Crippen molar-refractivity contribution in [2.45, 2.75) is 19.3 Å². The quantitative estimate of drug-likeness (QED) is 0.858. The van der Waals surface area contributed by atoms with Crippen LogP contribution in [0.15, 0.2) is 24.3 Å². The van der Waals surface area contributed by atoms with Crippen molar-refractivity contribution in [1.82, 2.24) is 4.90 Å². The Morgan fingerprint density at radius 3 is 2.71 bits per heavy atom. The number of likely N-dealkylation sites (tertiary alicyclic amines) is 1. The highest BCUT2D eigenvalue weighted by Gasteiger charge is 2.21. The lowest BCUT2D eigenvalue weighted by Crippen LogP contribution is -2.39. The van der Waals surface area contributed by atoms with Crippen LogP contribution in [0.2, 0.25) is 10.0 Å². The molecule has 1 heterocycles. The summed E-state index contributed by atoms with van der Waals surface area (Å²) in [5, 5.41) is 10.1. The lowest BCUT2D eigenvalue weighted by molar-refractivity contribution is -0.127. The van der Waals surface area contributed by atoms with Gasteiger partial charge in [0, 0.05) is 35.8 Å². The lowest BCUT2D eigenvalue weighted by Gasteiger charge is -2.31. The number of amides is 1. The summed E-state index contributed by atoms with van der Waals surface area (Å²) in [4.78, 5) is 14.0. The van der Waals surface area contributed by atoms with Gasteiger partial charge in [-0.1, -0.05) is 23.2 Å². The number of piperidine rings is 1. The maximum atomic E-state index is 12.2. The van der Waals surface area contributed by atoms with Crippen LogP contribution < -0.4 is 0 Å². The van der Waals surface area contributed by atoms with Crippen LogP contribution in [0.1, 0.15) is 24.8 Å². The van der Waals surface area contributed by atoms with Crippen LogP contribution in [-0.4, -0.2) is 35.6 Å². The lowest BCUT2D eigenvalue weighted by atomic mass is 9.95. The van der Waals surface area contributed by atoms with Crippen LogP contribution >= 0.6 is 23.2 Å². The molecule has 0 bridgehead atoms. The molecule has 114 valence electrons. The van der Waals surface area contributed by atoms with E-state index in [2.05, 4.69) is 0 Å². The molecule has 1 aromatic rings. The summed E-state index contributed by atoms with van der Waals surface area (Å²) < 4.78 is 0. The molecule has 3 nitrogen and oxygen atoms in total. The van der Waals surface area contributed by atoms with Crippen molar-refractivity contribution < 1.29 is 9.90 Å². The molecule has 1 aromatic carbocycles. The van der Waals surface area contributed by atoms with Crippen LogP contribution in [0.5, 0.6) is 0 Å². The second-order valence-electron chi connectivity index (χ2n) is 5.34. The minimum atomic E-state index is -0.00580. The van der Waals surface area contributed by atoms with E-state index in [-0.39, 0.29) is 12.5 Å². The molecule has 1 aliphatic heterocycles. The van der Waals surface area contributed by atoms with Gasteiger partial charge in [-0.15, -0.1) is 0 Å². The Kier molecular flexibility index (Phi) is 6.09. The molecule has 0 aliphatic carbocycles. The summed E-state index contributed by atoms with van der Waals surface area (Å²) in [6, 6.07) is 5.19. The number of nitrogens with zero attached hydrogens (tertiary/aromatic N) is 1. The summed E-state index contributed by atoms with van der Waals surface area (Å²) in [5.74, 6) is 0.399. The summed E-state index contributed by atoms with van der Waals surface area (Å²) in [7, 11) is 0. The molecule has 21 heavy (non-hydrogen) atoms. The van der Waals surface area contributed by atoms with E-state index in [9.17, 15) is 4.79 Å². The Labute approximate surface area is 135 Å². The van der Waals surface area contributed by atoms with Crippen LogP contribution in [0.4, 0.5) is 0 Å². The van der Waals surface area contributed by atoms with E-state index in [1.54, 1.807) is 30.4 Å². The highest BCUT2D eigenvalue weighted by molar-refractivity contribution is 6.34. The maximum Gasteiger partial charge on any atom is 0.246 e. The number of hydrogen-bond acceptors (Lipinski definition) is 2. The molecular weight excluding hydrogens is 309 g/mol. The Morgan fingerprint density at radius 1 is 1.33 bits per heavy atom. The highest BCUT2D eigenvalue weighted by atomic mass is 35.5. The Balaban J connectivity index is 1.98. The monoisotopic (exact) mass is 327 g/mol. The highest BCUT2D eigenvalue weighted by Crippen LogP contribution is 2.21. The van der Waals surface area contributed by atoms with Crippen molar-refractivity contribution in [3.05, 3.63) is 39.9 Å². The smallest absolute Gasteiger partial charge is 0.246 e. The summed E-state index contributed by atoms with van der Waals surface area (Å²) >= 11 is 11.9. The first-order valence-electron chi connectivity index (χ1n) is 7.12. The van der Waals surface area contributed by atoms with E-state index in [0.717, 1.165) is 37.9 Å². The Bertz CT molecular complexity index is 509. The summed E-state index contributed by atoms with van der Waals surface area (Å²) in [5.41, 5.74) is 0.810. The predicted octanol–water partition coefficient (Wildman–Crippen LogP) is 3.63. The number of rotatable bonds is 4. The van der Waals surface area contributed by atoms with Crippen LogP contribution in [0.25, 0.3) is 6.08 Å². The molecule has 1 fully saturated rings. The van der Waals surface area contributed by atoms with E-state index < -0.39 is 0 Å². The molecule has 1 aliphatic rings. The van der Waals surface area contributed by atoms with Crippen molar-refractivity contribution in [3.8, 4) is 0 Å². The molecular formula is C16H19Cl2NO2. The zero-order valence-corrected chi connectivity index (χ0v) is 13.3. The second kappa shape index (κ2) is 7.83. The average molecular weight is 328 g/mol. The van der Waals surface area contributed by atoms with E-state index in [4.69, 9.17) is 28.3 Å². The van der Waals surface area contributed by atoms with Crippen molar-refractivity contribution in [3.63, 3.8) is 0 Å². The van der Waals surface area contributed by atoms with Crippen molar-refractivity contribution in [2.75, 3.05) is 19.7 Å². The topological polar surface area (TPSA) is 40.5 Å². The number of aliphatic hydroxyl groups is 1. The SMILES string of the molecule is O=C(C=Cc1cc(Cl)cc(Cl)c1)N1CCCC(CCO)C1. The van der Waals surface area contributed by atoms with E-state index >= 15 is 0 Å². The van der Waals surface area contributed by atoms with Gasteiger partial charge in [-0.3, -0.25) is 4.79 Å². The first kappa shape index (κ1) is 16.3. The molecule has 0 saturated carbocycles. The van der Waals surface area contributed by atoms with Crippen molar-refractivity contribution in [1.29, 1.82) is 0 Å². The first-order chi connectivity index (χ1) is 10.1. The first-order valence-corrected chi connectivity index (χ1v) is 7.88. The number of carbonyl (C=O) groups excluding carboxylic acids is 1. The fraction of sp³-hybridized carbons (Fsp3) is 0.438. The van der Waals surface area contributed by atoms with Crippen LogP contribution in [-0.2, 0) is 4.79 Å². The molecule has 2 rings (SSSR count). The summed E-state index contributed by atoms with van der Waals surface area (Å²) in [6.07, 6.45) is 6.13. The maximum absolute atomic E-state index is 12.2. The average Bonchev–Trinajstić information content (AvgIpc) is 2.44. The van der Waals surface area contributed by atoms with E-state index in [0.29, 0.717) is 16.0 Å². The fourth-order valence-corrected chi connectivity index (χ4v) is 3.17.